The van der Waals surface area contributed by atoms with Gasteiger partial charge in [-0.15, -0.1) is 0 Å². The fourth-order valence-corrected chi connectivity index (χ4v) is 2.18. The van der Waals surface area contributed by atoms with Crippen LogP contribution in [0.3, 0.4) is 0 Å². The zero-order valence-electron chi connectivity index (χ0n) is 14.4. The zero-order chi connectivity index (χ0) is 15.8. The van der Waals surface area contributed by atoms with E-state index >= 15 is 0 Å². The van der Waals surface area contributed by atoms with E-state index in [1.165, 1.54) is 0 Å². The first-order chi connectivity index (χ1) is 9.16. The fraction of sp³-hybridized carbons (Fsp3) is 1.00. The molecule has 4 N–H and O–H groups in total. The Bertz CT molecular complexity index is 259. The molecule has 0 aliphatic rings. The summed E-state index contributed by atoms with van der Waals surface area (Å²) in [5.41, 5.74) is 11.4. The number of nitrogens with two attached hydrogens (primary N) is 2. The highest BCUT2D eigenvalue weighted by atomic mass is 16.5. The fourth-order valence-electron chi connectivity index (χ4n) is 2.18. The monoisotopic (exact) mass is 288 g/mol. The first kappa shape index (κ1) is 19.8. The zero-order valence-corrected chi connectivity index (χ0v) is 14.4. The van der Waals surface area contributed by atoms with Gasteiger partial charge in [-0.2, -0.15) is 0 Å². The van der Waals surface area contributed by atoms with Gasteiger partial charge >= 0.3 is 0 Å². The second kappa shape index (κ2) is 8.98. The highest BCUT2D eigenvalue weighted by Gasteiger charge is 2.28. The van der Waals surface area contributed by atoms with Crippen LogP contribution in [0.15, 0.2) is 0 Å². The maximum Gasteiger partial charge on any atom is 0.0674 e. The highest BCUT2D eigenvalue weighted by molar-refractivity contribution is 4.79. The summed E-state index contributed by atoms with van der Waals surface area (Å²) in [6.07, 6.45) is 3.69. The van der Waals surface area contributed by atoms with E-state index in [1.54, 1.807) is 0 Å². The Balaban J connectivity index is 4.28. The molecule has 4 nitrogen and oxygen atoms in total. The Labute approximate surface area is 125 Å². The maximum atomic E-state index is 6.10. The second-order valence-corrected chi connectivity index (χ2v) is 6.68. The van der Waals surface area contributed by atoms with Gasteiger partial charge < -0.3 is 20.9 Å². The van der Waals surface area contributed by atoms with Crippen molar-refractivity contribution in [1.29, 1.82) is 0 Å². The summed E-state index contributed by atoms with van der Waals surface area (Å²) in [5.74, 6) is 0. The SMILES string of the molecule is CCC(C)(CCOC(C)(CC)CC(C)N)OCC(C)N. The molecule has 0 spiro atoms. The van der Waals surface area contributed by atoms with E-state index in [9.17, 15) is 0 Å². The molecule has 0 aliphatic carbocycles. The summed E-state index contributed by atoms with van der Waals surface area (Å²) in [6.45, 7) is 13.8. The van der Waals surface area contributed by atoms with Crippen LogP contribution in [-0.2, 0) is 9.47 Å². The van der Waals surface area contributed by atoms with Gasteiger partial charge in [-0.1, -0.05) is 13.8 Å². The minimum absolute atomic E-state index is 0.0702. The molecule has 0 heterocycles. The van der Waals surface area contributed by atoms with Crippen molar-refractivity contribution in [3.63, 3.8) is 0 Å². The third-order valence-electron chi connectivity index (χ3n) is 4.03. The van der Waals surface area contributed by atoms with E-state index < -0.39 is 0 Å². The van der Waals surface area contributed by atoms with Crippen LogP contribution in [0, 0.1) is 0 Å². The van der Waals surface area contributed by atoms with Crippen LogP contribution in [0.25, 0.3) is 0 Å². The molecule has 0 bridgehead atoms. The minimum Gasteiger partial charge on any atom is -0.375 e. The number of rotatable bonds is 11. The van der Waals surface area contributed by atoms with Crippen molar-refractivity contribution in [1.82, 2.24) is 0 Å². The largest absolute Gasteiger partial charge is 0.375 e. The van der Waals surface area contributed by atoms with E-state index in [0.717, 1.165) is 25.7 Å². The van der Waals surface area contributed by atoms with E-state index in [4.69, 9.17) is 20.9 Å². The van der Waals surface area contributed by atoms with Gasteiger partial charge in [0, 0.05) is 12.1 Å². The molecule has 20 heavy (non-hydrogen) atoms. The van der Waals surface area contributed by atoms with Crippen LogP contribution < -0.4 is 11.5 Å². The quantitative estimate of drug-likeness (QED) is 0.613. The Morgan fingerprint density at radius 2 is 1.45 bits per heavy atom. The molecule has 4 unspecified atom stereocenters. The van der Waals surface area contributed by atoms with Crippen molar-refractivity contribution in [2.24, 2.45) is 11.5 Å². The van der Waals surface area contributed by atoms with Crippen molar-refractivity contribution >= 4 is 0 Å². The molecule has 0 aromatic rings. The molecule has 0 amide bonds. The van der Waals surface area contributed by atoms with Gasteiger partial charge in [0.2, 0.25) is 0 Å². The van der Waals surface area contributed by atoms with Crippen LogP contribution >= 0.6 is 0 Å². The molecular formula is C16H36N2O2. The van der Waals surface area contributed by atoms with Crippen molar-refractivity contribution in [2.45, 2.75) is 90.5 Å². The lowest BCUT2D eigenvalue weighted by atomic mass is 9.94. The van der Waals surface area contributed by atoms with Gasteiger partial charge in [-0.05, 0) is 53.4 Å². The van der Waals surface area contributed by atoms with Crippen molar-refractivity contribution in [2.75, 3.05) is 13.2 Å². The van der Waals surface area contributed by atoms with E-state index in [-0.39, 0.29) is 23.3 Å². The van der Waals surface area contributed by atoms with Crippen LogP contribution in [0.4, 0.5) is 0 Å². The molecular weight excluding hydrogens is 252 g/mol. The first-order valence-electron chi connectivity index (χ1n) is 7.95. The number of hydrogen-bond acceptors (Lipinski definition) is 4. The van der Waals surface area contributed by atoms with Gasteiger partial charge in [-0.3, -0.25) is 0 Å². The lowest BCUT2D eigenvalue weighted by Gasteiger charge is -2.34. The Morgan fingerprint density at radius 1 is 0.900 bits per heavy atom. The van der Waals surface area contributed by atoms with Gasteiger partial charge in [0.1, 0.15) is 0 Å². The summed E-state index contributed by atoms with van der Waals surface area (Å²) in [5, 5.41) is 0. The maximum absolute atomic E-state index is 6.10. The molecule has 0 fully saturated rings. The van der Waals surface area contributed by atoms with Gasteiger partial charge in [-0.25, -0.2) is 0 Å². The minimum atomic E-state index is -0.156. The van der Waals surface area contributed by atoms with Crippen LogP contribution in [0.2, 0.25) is 0 Å². The molecule has 122 valence electrons. The molecule has 0 aliphatic heterocycles. The van der Waals surface area contributed by atoms with Gasteiger partial charge in [0.05, 0.1) is 24.4 Å². The second-order valence-electron chi connectivity index (χ2n) is 6.68. The van der Waals surface area contributed by atoms with Gasteiger partial charge in [0.15, 0.2) is 0 Å². The lowest BCUT2D eigenvalue weighted by Crippen LogP contribution is -2.38. The summed E-state index contributed by atoms with van der Waals surface area (Å²) in [7, 11) is 0. The Hall–Kier alpha value is -0.160. The van der Waals surface area contributed by atoms with Crippen molar-refractivity contribution in [3.8, 4) is 0 Å². The molecule has 0 aromatic carbocycles. The molecule has 4 atom stereocenters. The van der Waals surface area contributed by atoms with Crippen LogP contribution in [0.5, 0.6) is 0 Å². The highest BCUT2D eigenvalue weighted by Crippen LogP contribution is 2.25. The smallest absolute Gasteiger partial charge is 0.0674 e. The molecule has 0 radical (unpaired) electrons. The van der Waals surface area contributed by atoms with E-state index in [1.807, 2.05) is 13.8 Å². The van der Waals surface area contributed by atoms with E-state index in [2.05, 4.69) is 27.7 Å². The lowest BCUT2D eigenvalue weighted by molar-refractivity contribution is -0.0930. The van der Waals surface area contributed by atoms with Crippen molar-refractivity contribution < 1.29 is 9.47 Å². The topological polar surface area (TPSA) is 70.5 Å². The summed E-state index contributed by atoms with van der Waals surface area (Å²) < 4.78 is 12.0. The van der Waals surface area contributed by atoms with Gasteiger partial charge in [0.25, 0.3) is 0 Å². The summed E-state index contributed by atoms with van der Waals surface area (Å²) in [6, 6.07) is 0.229. The van der Waals surface area contributed by atoms with Crippen molar-refractivity contribution in [3.05, 3.63) is 0 Å². The summed E-state index contributed by atoms with van der Waals surface area (Å²) in [4.78, 5) is 0. The number of hydrogen-bond donors (Lipinski definition) is 2. The standard InChI is InChI=1S/C16H36N2O2/c1-7-15(5,20-12-14(4)18)9-10-19-16(6,8-2)11-13(3)17/h13-14H,7-12,17-18H2,1-6H3. The van der Waals surface area contributed by atoms with E-state index in [0.29, 0.717) is 13.2 Å². The molecule has 0 saturated carbocycles. The van der Waals surface area contributed by atoms with Crippen LogP contribution in [0.1, 0.15) is 67.2 Å². The molecule has 0 rings (SSSR count). The predicted octanol–water partition coefficient (Wildman–Crippen LogP) is 2.83. The first-order valence-corrected chi connectivity index (χ1v) is 7.95. The molecule has 4 heteroatoms. The Morgan fingerprint density at radius 3 is 1.85 bits per heavy atom. The van der Waals surface area contributed by atoms with Crippen LogP contribution in [-0.4, -0.2) is 36.5 Å². The molecule has 0 aromatic heterocycles. The third kappa shape index (κ3) is 8.20. The normalized spacial score (nSPS) is 21.0. The molecule has 0 saturated heterocycles. The average molecular weight is 288 g/mol. The Kier molecular flexibility index (Phi) is 8.91. The summed E-state index contributed by atoms with van der Waals surface area (Å²) >= 11 is 0. The number of ether oxygens (including phenoxy) is 2. The predicted molar refractivity (Wildman–Crippen MR) is 85.8 cm³/mol. The third-order valence-corrected chi connectivity index (χ3v) is 4.03. The average Bonchev–Trinajstić information content (AvgIpc) is 2.35.